The highest BCUT2D eigenvalue weighted by atomic mass is 15.3. The van der Waals surface area contributed by atoms with Crippen LogP contribution in [0.4, 0.5) is 0 Å². The predicted octanol–water partition coefficient (Wildman–Crippen LogP) is 2.76. The molecule has 15 heavy (non-hydrogen) atoms. The molecular weight excluding hydrogens is 184 g/mol. The molecule has 75 valence electrons. The molecule has 2 nitrogen and oxygen atoms in total. The molecule has 0 N–H and O–H groups in total. The van der Waals surface area contributed by atoms with E-state index in [9.17, 15) is 0 Å². The number of rotatable bonds is 3. The van der Waals surface area contributed by atoms with E-state index in [1.165, 1.54) is 24.0 Å². The van der Waals surface area contributed by atoms with Crippen LogP contribution in [0.2, 0.25) is 0 Å². The van der Waals surface area contributed by atoms with E-state index in [1.807, 2.05) is 24.4 Å². The first-order valence-corrected chi connectivity index (χ1v) is 5.41. The SMILES string of the molecule is [c]1cccc(-c2cnn(CC3CC3)c2)c1. The number of nitrogens with zero attached hydrogens (tertiary/aromatic N) is 2. The van der Waals surface area contributed by atoms with Crippen molar-refractivity contribution in [3.05, 3.63) is 42.7 Å². The molecule has 1 aromatic heterocycles. The van der Waals surface area contributed by atoms with Gasteiger partial charge in [0.25, 0.3) is 0 Å². The third-order valence-electron chi connectivity index (χ3n) is 2.82. The first-order chi connectivity index (χ1) is 7.42. The van der Waals surface area contributed by atoms with Gasteiger partial charge in [-0.15, -0.1) is 0 Å². The van der Waals surface area contributed by atoms with Gasteiger partial charge in [0.15, 0.2) is 0 Å². The maximum Gasteiger partial charge on any atom is 0.0568 e. The monoisotopic (exact) mass is 197 g/mol. The third-order valence-corrected chi connectivity index (χ3v) is 2.82. The lowest BCUT2D eigenvalue weighted by Gasteiger charge is -1.97. The van der Waals surface area contributed by atoms with Gasteiger partial charge < -0.3 is 0 Å². The van der Waals surface area contributed by atoms with E-state index in [2.05, 4.69) is 28.1 Å². The molecule has 2 aromatic rings. The minimum absolute atomic E-state index is 0.875. The van der Waals surface area contributed by atoms with Gasteiger partial charge in [-0.1, -0.05) is 18.2 Å². The molecule has 1 aliphatic carbocycles. The van der Waals surface area contributed by atoms with Gasteiger partial charge in [-0.05, 0) is 36.5 Å². The molecule has 0 unspecified atom stereocenters. The Morgan fingerprint density at radius 1 is 1.40 bits per heavy atom. The van der Waals surface area contributed by atoms with Crippen LogP contribution >= 0.6 is 0 Å². The summed E-state index contributed by atoms with van der Waals surface area (Å²) in [6, 6.07) is 11.1. The second kappa shape index (κ2) is 3.54. The van der Waals surface area contributed by atoms with E-state index >= 15 is 0 Å². The largest absolute Gasteiger partial charge is 0.272 e. The molecule has 0 aliphatic heterocycles. The van der Waals surface area contributed by atoms with Crippen LogP contribution in [0.5, 0.6) is 0 Å². The predicted molar refractivity (Wildman–Crippen MR) is 59.2 cm³/mol. The lowest BCUT2D eigenvalue weighted by Crippen LogP contribution is -1.98. The van der Waals surface area contributed by atoms with Gasteiger partial charge in [-0.2, -0.15) is 5.10 Å². The van der Waals surface area contributed by atoms with Gasteiger partial charge in [0.2, 0.25) is 0 Å². The van der Waals surface area contributed by atoms with Crippen LogP contribution in [0.3, 0.4) is 0 Å². The van der Waals surface area contributed by atoms with Crippen LogP contribution in [0.15, 0.2) is 36.7 Å². The lowest BCUT2D eigenvalue weighted by atomic mass is 10.1. The van der Waals surface area contributed by atoms with Crippen LogP contribution in [0, 0.1) is 12.0 Å². The quantitative estimate of drug-likeness (QED) is 0.739. The van der Waals surface area contributed by atoms with E-state index in [0.717, 1.165) is 12.5 Å². The van der Waals surface area contributed by atoms with E-state index in [-0.39, 0.29) is 0 Å². The highest BCUT2D eigenvalue weighted by Crippen LogP contribution is 2.30. The summed E-state index contributed by atoms with van der Waals surface area (Å²) >= 11 is 0. The first kappa shape index (κ1) is 8.72. The Kier molecular flexibility index (Phi) is 2.05. The summed E-state index contributed by atoms with van der Waals surface area (Å²) in [5, 5.41) is 4.38. The second-order valence-electron chi connectivity index (χ2n) is 4.19. The summed E-state index contributed by atoms with van der Waals surface area (Å²) in [6.07, 6.45) is 6.80. The van der Waals surface area contributed by atoms with Gasteiger partial charge in [-0.3, -0.25) is 4.68 Å². The molecule has 0 saturated heterocycles. The zero-order chi connectivity index (χ0) is 10.1. The van der Waals surface area contributed by atoms with Crippen molar-refractivity contribution in [1.29, 1.82) is 0 Å². The molecule has 1 radical (unpaired) electrons. The molecule has 1 heterocycles. The van der Waals surface area contributed by atoms with Crippen molar-refractivity contribution in [2.45, 2.75) is 19.4 Å². The van der Waals surface area contributed by atoms with Crippen LogP contribution in [0.1, 0.15) is 12.8 Å². The smallest absolute Gasteiger partial charge is 0.0568 e. The van der Waals surface area contributed by atoms with Gasteiger partial charge >= 0.3 is 0 Å². The fourth-order valence-corrected chi connectivity index (χ4v) is 1.75. The Labute approximate surface area is 89.5 Å². The molecule has 2 heteroatoms. The molecule has 1 aliphatic rings. The summed E-state index contributed by atoms with van der Waals surface area (Å²) in [5.41, 5.74) is 2.38. The number of aromatic nitrogens is 2. The zero-order valence-electron chi connectivity index (χ0n) is 8.56. The van der Waals surface area contributed by atoms with Crippen molar-refractivity contribution < 1.29 is 0 Å². The lowest BCUT2D eigenvalue weighted by molar-refractivity contribution is 0.563. The van der Waals surface area contributed by atoms with Crippen LogP contribution in [0.25, 0.3) is 11.1 Å². The maximum atomic E-state index is 4.38. The Balaban J connectivity index is 1.83. The fourth-order valence-electron chi connectivity index (χ4n) is 1.75. The molecule has 0 spiro atoms. The standard InChI is InChI=1S/C13H13N2/c1-2-4-12(5-3-1)13-8-14-15(10-13)9-11-6-7-11/h1-2,4-5,8,10-11H,6-7,9H2. The molecule has 1 fully saturated rings. The van der Waals surface area contributed by atoms with Gasteiger partial charge in [0.1, 0.15) is 0 Å². The average molecular weight is 197 g/mol. The minimum atomic E-state index is 0.875. The molecule has 0 bridgehead atoms. The molecule has 0 atom stereocenters. The summed E-state index contributed by atoms with van der Waals surface area (Å²) in [7, 11) is 0. The van der Waals surface area contributed by atoms with Crippen LogP contribution in [-0.4, -0.2) is 9.78 Å². The van der Waals surface area contributed by atoms with Crippen molar-refractivity contribution >= 4 is 0 Å². The normalized spacial score (nSPS) is 15.5. The Hall–Kier alpha value is -1.57. The maximum absolute atomic E-state index is 4.38. The molecule has 1 aromatic carbocycles. The number of hydrogen-bond donors (Lipinski definition) is 0. The Bertz CT molecular complexity index is 441. The van der Waals surface area contributed by atoms with E-state index in [4.69, 9.17) is 0 Å². The van der Waals surface area contributed by atoms with Gasteiger partial charge in [0, 0.05) is 18.3 Å². The van der Waals surface area contributed by atoms with Crippen molar-refractivity contribution in [3.63, 3.8) is 0 Å². The summed E-state index contributed by atoms with van der Waals surface area (Å²) in [6.45, 7) is 1.08. The number of hydrogen-bond acceptors (Lipinski definition) is 1. The average Bonchev–Trinajstić information content (AvgIpc) is 2.96. The van der Waals surface area contributed by atoms with E-state index < -0.39 is 0 Å². The van der Waals surface area contributed by atoms with Crippen molar-refractivity contribution in [1.82, 2.24) is 9.78 Å². The molecule has 3 rings (SSSR count). The molecule has 1 saturated carbocycles. The highest BCUT2D eigenvalue weighted by Gasteiger charge is 2.21. The van der Waals surface area contributed by atoms with Crippen LogP contribution < -0.4 is 0 Å². The Morgan fingerprint density at radius 3 is 3.07 bits per heavy atom. The second-order valence-corrected chi connectivity index (χ2v) is 4.19. The zero-order valence-corrected chi connectivity index (χ0v) is 8.56. The van der Waals surface area contributed by atoms with E-state index in [0.29, 0.717) is 0 Å². The summed E-state index contributed by atoms with van der Waals surface area (Å²) in [5.74, 6) is 0.875. The topological polar surface area (TPSA) is 17.8 Å². The summed E-state index contributed by atoms with van der Waals surface area (Å²) in [4.78, 5) is 0. The van der Waals surface area contributed by atoms with Gasteiger partial charge in [0.05, 0.1) is 6.20 Å². The molecular formula is C13H13N2. The van der Waals surface area contributed by atoms with Crippen molar-refractivity contribution in [3.8, 4) is 11.1 Å². The number of benzene rings is 1. The third kappa shape index (κ3) is 1.94. The van der Waals surface area contributed by atoms with Crippen molar-refractivity contribution in [2.24, 2.45) is 5.92 Å². The Morgan fingerprint density at radius 2 is 2.33 bits per heavy atom. The fraction of sp³-hybridized carbons (Fsp3) is 0.308. The van der Waals surface area contributed by atoms with Crippen molar-refractivity contribution in [2.75, 3.05) is 0 Å². The molecule has 0 amide bonds. The first-order valence-electron chi connectivity index (χ1n) is 5.41. The van der Waals surface area contributed by atoms with Crippen LogP contribution in [-0.2, 0) is 6.54 Å². The highest BCUT2D eigenvalue weighted by molar-refractivity contribution is 5.61. The van der Waals surface area contributed by atoms with E-state index in [1.54, 1.807) is 0 Å². The van der Waals surface area contributed by atoms with Gasteiger partial charge in [-0.25, -0.2) is 0 Å². The minimum Gasteiger partial charge on any atom is -0.272 e. The summed E-state index contributed by atoms with van der Waals surface area (Å²) < 4.78 is 2.06.